The molecule has 0 unspecified atom stereocenters. The molecule has 2 N–H and O–H groups in total. The number of urea groups is 1. The van der Waals surface area contributed by atoms with Gasteiger partial charge in [0.1, 0.15) is 0 Å². The topological polar surface area (TPSA) is 62.2 Å². The SMILES string of the molecule is CCCCN1CCn2nc(CNC(=O)Nc3ccccc3Cl)cc2C1. The van der Waals surface area contributed by atoms with Gasteiger partial charge in [-0.2, -0.15) is 5.10 Å². The highest BCUT2D eigenvalue weighted by atomic mass is 35.5. The molecule has 1 aliphatic rings. The molecule has 7 heteroatoms. The molecule has 2 aromatic rings. The van der Waals surface area contributed by atoms with Crippen LogP contribution in [-0.4, -0.2) is 33.8 Å². The smallest absolute Gasteiger partial charge is 0.319 e. The third-order valence-corrected chi connectivity index (χ3v) is 4.64. The van der Waals surface area contributed by atoms with Crippen LogP contribution in [0.2, 0.25) is 5.02 Å². The predicted octanol–water partition coefficient (Wildman–Crippen LogP) is 3.47. The van der Waals surface area contributed by atoms with Crippen molar-refractivity contribution in [2.75, 3.05) is 18.4 Å². The standard InChI is InChI=1S/C18H24ClN5O/c1-2-3-8-23-9-10-24-15(13-23)11-14(22-24)12-20-18(25)21-17-7-5-4-6-16(17)19/h4-7,11H,2-3,8-10,12-13H2,1H3,(H2,20,21,25). The van der Waals surface area contributed by atoms with Crippen LogP contribution in [0.3, 0.4) is 0 Å². The lowest BCUT2D eigenvalue weighted by molar-refractivity contribution is 0.210. The van der Waals surface area contributed by atoms with Crippen LogP contribution in [0, 0.1) is 0 Å². The van der Waals surface area contributed by atoms with Crippen LogP contribution < -0.4 is 10.6 Å². The van der Waals surface area contributed by atoms with Crippen molar-refractivity contribution >= 4 is 23.3 Å². The van der Waals surface area contributed by atoms with Gasteiger partial charge in [0.2, 0.25) is 0 Å². The van der Waals surface area contributed by atoms with E-state index in [4.69, 9.17) is 11.6 Å². The zero-order valence-electron chi connectivity index (χ0n) is 14.5. The van der Waals surface area contributed by atoms with E-state index in [0.29, 0.717) is 17.3 Å². The van der Waals surface area contributed by atoms with Gasteiger partial charge in [0.05, 0.1) is 35.2 Å². The lowest BCUT2D eigenvalue weighted by Crippen LogP contribution is -2.34. The number of anilines is 1. The highest BCUT2D eigenvalue weighted by Gasteiger charge is 2.18. The Labute approximate surface area is 153 Å². The minimum absolute atomic E-state index is 0.288. The van der Waals surface area contributed by atoms with E-state index in [1.54, 1.807) is 12.1 Å². The van der Waals surface area contributed by atoms with E-state index in [9.17, 15) is 4.79 Å². The Kier molecular flexibility index (Phi) is 5.94. The number of carbonyl (C=O) groups is 1. The molecular formula is C18H24ClN5O. The first-order valence-electron chi connectivity index (χ1n) is 8.73. The first-order valence-corrected chi connectivity index (χ1v) is 9.11. The molecule has 3 rings (SSSR count). The Bertz CT molecular complexity index is 730. The van der Waals surface area contributed by atoms with Crippen LogP contribution in [0.15, 0.2) is 30.3 Å². The lowest BCUT2D eigenvalue weighted by atomic mass is 10.2. The number of hydrogen-bond donors (Lipinski definition) is 2. The van der Waals surface area contributed by atoms with Crippen molar-refractivity contribution in [2.24, 2.45) is 0 Å². The number of amides is 2. The molecule has 2 heterocycles. The molecule has 25 heavy (non-hydrogen) atoms. The molecule has 0 fully saturated rings. The van der Waals surface area contributed by atoms with Gasteiger partial charge in [-0.3, -0.25) is 9.58 Å². The van der Waals surface area contributed by atoms with E-state index in [-0.39, 0.29) is 6.03 Å². The van der Waals surface area contributed by atoms with Crippen LogP contribution >= 0.6 is 11.6 Å². The molecule has 0 radical (unpaired) electrons. The maximum absolute atomic E-state index is 12.0. The number of nitrogens with one attached hydrogen (secondary N) is 2. The zero-order chi connectivity index (χ0) is 17.6. The summed E-state index contributed by atoms with van der Waals surface area (Å²) < 4.78 is 2.05. The number of para-hydroxylation sites is 1. The fraction of sp³-hybridized carbons (Fsp3) is 0.444. The highest BCUT2D eigenvalue weighted by Crippen LogP contribution is 2.20. The Morgan fingerprint density at radius 3 is 2.96 bits per heavy atom. The van der Waals surface area contributed by atoms with Crippen molar-refractivity contribution in [3.63, 3.8) is 0 Å². The summed E-state index contributed by atoms with van der Waals surface area (Å²) in [5, 5.41) is 10.7. The van der Waals surface area contributed by atoms with Crippen molar-refractivity contribution in [3.8, 4) is 0 Å². The summed E-state index contributed by atoms with van der Waals surface area (Å²) in [7, 11) is 0. The number of carbonyl (C=O) groups excluding carboxylic acids is 1. The van der Waals surface area contributed by atoms with Crippen molar-refractivity contribution in [1.82, 2.24) is 20.0 Å². The summed E-state index contributed by atoms with van der Waals surface area (Å²) in [6, 6.07) is 8.95. The molecule has 0 aliphatic carbocycles. The van der Waals surface area contributed by atoms with Crippen LogP contribution in [0.5, 0.6) is 0 Å². The van der Waals surface area contributed by atoms with Gasteiger partial charge in [0.15, 0.2) is 0 Å². The second-order valence-electron chi connectivity index (χ2n) is 6.27. The van der Waals surface area contributed by atoms with E-state index in [1.165, 1.54) is 18.5 Å². The Hall–Kier alpha value is -2.05. The van der Waals surface area contributed by atoms with Gasteiger partial charge in [0.25, 0.3) is 0 Å². The molecule has 1 aliphatic heterocycles. The predicted molar refractivity (Wildman–Crippen MR) is 99.7 cm³/mol. The van der Waals surface area contributed by atoms with Crippen molar-refractivity contribution in [1.29, 1.82) is 0 Å². The van der Waals surface area contributed by atoms with Crippen molar-refractivity contribution < 1.29 is 4.79 Å². The number of aromatic nitrogens is 2. The summed E-state index contributed by atoms with van der Waals surface area (Å²) in [5.41, 5.74) is 2.68. The summed E-state index contributed by atoms with van der Waals surface area (Å²) in [6.07, 6.45) is 2.44. The molecule has 6 nitrogen and oxygen atoms in total. The Morgan fingerprint density at radius 2 is 2.16 bits per heavy atom. The summed E-state index contributed by atoms with van der Waals surface area (Å²) in [5.74, 6) is 0. The summed E-state index contributed by atoms with van der Waals surface area (Å²) in [4.78, 5) is 14.5. The molecule has 1 aromatic carbocycles. The molecule has 2 amide bonds. The second-order valence-corrected chi connectivity index (χ2v) is 6.67. The lowest BCUT2D eigenvalue weighted by Gasteiger charge is -2.27. The average molecular weight is 362 g/mol. The van der Waals surface area contributed by atoms with Gasteiger partial charge >= 0.3 is 6.03 Å². The number of fused-ring (bicyclic) bond motifs is 1. The van der Waals surface area contributed by atoms with Gasteiger partial charge in [-0.15, -0.1) is 0 Å². The van der Waals surface area contributed by atoms with E-state index < -0.39 is 0 Å². The molecule has 0 saturated carbocycles. The minimum atomic E-state index is -0.288. The van der Waals surface area contributed by atoms with Crippen LogP contribution in [0.25, 0.3) is 0 Å². The largest absolute Gasteiger partial charge is 0.332 e. The molecule has 0 spiro atoms. The Morgan fingerprint density at radius 1 is 1.32 bits per heavy atom. The first-order chi connectivity index (χ1) is 12.2. The second kappa shape index (κ2) is 8.36. The molecule has 0 bridgehead atoms. The van der Waals surface area contributed by atoms with E-state index in [0.717, 1.165) is 31.9 Å². The summed E-state index contributed by atoms with van der Waals surface area (Å²) in [6.45, 7) is 6.62. The van der Waals surface area contributed by atoms with Crippen molar-refractivity contribution in [3.05, 3.63) is 46.7 Å². The summed E-state index contributed by atoms with van der Waals surface area (Å²) >= 11 is 6.04. The number of halogens is 1. The fourth-order valence-electron chi connectivity index (χ4n) is 2.94. The van der Waals surface area contributed by atoms with E-state index >= 15 is 0 Å². The minimum Gasteiger partial charge on any atom is -0.332 e. The average Bonchev–Trinajstić information content (AvgIpc) is 3.02. The zero-order valence-corrected chi connectivity index (χ0v) is 15.2. The fourth-order valence-corrected chi connectivity index (χ4v) is 3.12. The van der Waals surface area contributed by atoms with Gasteiger partial charge in [-0.1, -0.05) is 37.1 Å². The molecular weight excluding hydrogens is 338 g/mol. The van der Waals surface area contributed by atoms with Crippen LogP contribution in [0.1, 0.15) is 31.2 Å². The van der Waals surface area contributed by atoms with Crippen LogP contribution in [0.4, 0.5) is 10.5 Å². The molecule has 0 atom stereocenters. The molecule has 0 saturated heterocycles. The molecule has 134 valence electrons. The first kappa shape index (κ1) is 17.8. The number of benzene rings is 1. The number of unbranched alkanes of at least 4 members (excludes halogenated alkanes) is 1. The molecule has 1 aromatic heterocycles. The number of nitrogens with zero attached hydrogens (tertiary/aromatic N) is 3. The van der Waals surface area contributed by atoms with Crippen LogP contribution in [-0.2, 0) is 19.6 Å². The highest BCUT2D eigenvalue weighted by molar-refractivity contribution is 6.33. The third-order valence-electron chi connectivity index (χ3n) is 4.31. The maximum atomic E-state index is 12.0. The number of rotatable bonds is 6. The Balaban J connectivity index is 1.52. The quantitative estimate of drug-likeness (QED) is 0.828. The normalized spacial score (nSPS) is 14.2. The number of hydrogen-bond acceptors (Lipinski definition) is 3. The van der Waals surface area contributed by atoms with Gasteiger partial charge < -0.3 is 10.6 Å². The van der Waals surface area contributed by atoms with Gasteiger partial charge in [-0.05, 0) is 31.2 Å². The van der Waals surface area contributed by atoms with E-state index in [1.807, 2.05) is 16.8 Å². The van der Waals surface area contributed by atoms with Crippen molar-refractivity contribution in [2.45, 2.75) is 39.4 Å². The van der Waals surface area contributed by atoms with E-state index in [2.05, 4.69) is 33.6 Å². The maximum Gasteiger partial charge on any atom is 0.319 e. The van der Waals surface area contributed by atoms with Gasteiger partial charge in [0, 0.05) is 13.1 Å². The van der Waals surface area contributed by atoms with Gasteiger partial charge in [-0.25, -0.2) is 4.79 Å². The third kappa shape index (κ3) is 4.74. The monoisotopic (exact) mass is 361 g/mol.